The van der Waals surface area contributed by atoms with Crippen LogP contribution in [0.25, 0.3) is 16.8 Å². The van der Waals surface area contributed by atoms with Crippen molar-refractivity contribution in [1.29, 1.82) is 0 Å². The molecule has 0 aliphatic carbocycles. The molecule has 31 heavy (non-hydrogen) atoms. The van der Waals surface area contributed by atoms with E-state index < -0.39 is 0 Å². The van der Waals surface area contributed by atoms with Crippen molar-refractivity contribution in [1.82, 2.24) is 19.6 Å². The average molecular weight is 421 g/mol. The van der Waals surface area contributed by atoms with E-state index in [1.165, 1.54) is 42.6 Å². The summed E-state index contributed by atoms with van der Waals surface area (Å²) in [5, 5.41) is 5.03. The molecule has 6 heteroatoms. The van der Waals surface area contributed by atoms with Crippen LogP contribution in [0.2, 0.25) is 0 Å². The maximum atomic E-state index is 5.06. The Morgan fingerprint density at radius 1 is 1.06 bits per heavy atom. The molecule has 0 fully saturated rings. The minimum Gasteiger partial charge on any atom is -0.363 e. The van der Waals surface area contributed by atoms with Crippen molar-refractivity contribution in [2.24, 2.45) is 0 Å². The van der Waals surface area contributed by atoms with Gasteiger partial charge in [-0.3, -0.25) is 0 Å². The van der Waals surface area contributed by atoms with Gasteiger partial charge in [-0.1, -0.05) is 26.7 Å². The Morgan fingerprint density at radius 3 is 2.39 bits per heavy atom. The first kappa shape index (κ1) is 21.6. The van der Waals surface area contributed by atoms with E-state index >= 15 is 0 Å². The fourth-order valence-corrected chi connectivity index (χ4v) is 5.05. The number of aromatic nitrogens is 4. The lowest BCUT2D eigenvalue weighted by Gasteiger charge is -2.30. The first-order chi connectivity index (χ1) is 14.9. The molecule has 0 unspecified atom stereocenters. The van der Waals surface area contributed by atoms with Gasteiger partial charge in [0.15, 0.2) is 5.65 Å². The second kappa shape index (κ2) is 8.48. The molecule has 4 rings (SSSR count). The molecule has 3 aromatic rings. The summed E-state index contributed by atoms with van der Waals surface area (Å²) < 4.78 is 2.12. The Morgan fingerprint density at radius 2 is 1.77 bits per heavy atom. The number of nitrogens with zero attached hydrogens (tertiary/aromatic N) is 6. The summed E-state index contributed by atoms with van der Waals surface area (Å²) >= 11 is 0. The van der Waals surface area contributed by atoms with Gasteiger partial charge in [-0.25, -0.2) is 9.97 Å². The Hall–Kier alpha value is -2.63. The molecule has 1 aliphatic heterocycles. The van der Waals surface area contributed by atoms with Crippen LogP contribution in [0, 0.1) is 20.8 Å². The van der Waals surface area contributed by atoms with Crippen LogP contribution in [0.1, 0.15) is 62.0 Å². The number of anilines is 2. The molecular weight excluding hydrogens is 384 g/mol. The number of hydrogen-bond acceptors (Lipinski definition) is 5. The second-order valence-electron chi connectivity index (χ2n) is 9.12. The van der Waals surface area contributed by atoms with Crippen LogP contribution < -0.4 is 9.80 Å². The molecule has 0 amide bonds. The van der Waals surface area contributed by atoms with E-state index in [-0.39, 0.29) is 0 Å². The van der Waals surface area contributed by atoms with Gasteiger partial charge in [0.25, 0.3) is 0 Å². The highest BCUT2D eigenvalue weighted by molar-refractivity contribution is 5.83. The van der Waals surface area contributed by atoms with Crippen molar-refractivity contribution in [2.45, 2.75) is 72.8 Å². The van der Waals surface area contributed by atoms with Crippen molar-refractivity contribution in [3.63, 3.8) is 0 Å². The normalized spacial score (nSPS) is 13.5. The minimum absolute atomic E-state index is 0.567. The van der Waals surface area contributed by atoms with Gasteiger partial charge in [0.1, 0.15) is 11.6 Å². The van der Waals surface area contributed by atoms with E-state index in [0.29, 0.717) is 6.04 Å². The van der Waals surface area contributed by atoms with Crippen LogP contribution in [0.5, 0.6) is 0 Å². The third kappa shape index (κ3) is 3.66. The second-order valence-corrected chi connectivity index (χ2v) is 9.12. The van der Waals surface area contributed by atoms with Gasteiger partial charge < -0.3 is 9.80 Å². The predicted molar refractivity (Wildman–Crippen MR) is 129 cm³/mol. The number of aryl methyl sites for hydroxylation is 3. The van der Waals surface area contributed by atoms with Crippen molar-refractivity contribution in [2.75, 3.05) is 30.4 Å². The van der Waals surface area contributed by atoms with Crippen LogP contribution >= 0.6 is 0 Å². The van der Waals surface area contributed by atoms with Gasteiger partial charge in [0.05, 0.1) is 11.3 Å². The van der Waals surface area contributed by atoms with Crippen LogP contribution in [0.4, 0.5) is 11.6 Å². The minimum atomic E-state index is 0.567. The lowest BCUT2D eigenvalue weighted by atomic mass is 10.0. The van der Waals surface area contributed by atoms with Gasteiger partial charge in [0, 0.05) is 49.7 Å². The van der Waals surface area contributed by atoms with Crippen LogP contribution in [-0.4, -0.2) is 46.3 Å². The highest BCUT2D eigenvalue weighted by Gasteiger charge is 2.31. The van der Waals surface area contributed by atoms with Gasteiger partial charge in [-0.05, 0) is 51.7 Å². The average Bonchev–Trinajstić information content (AvgIpc) is 3.30. The first-order valence-electron chi connectivity index (χ1n) is 11.7. The van der Waals surface area contributed by atoms with E-state index in [2.05, 4.69) is 55.1 Å². The third-order valence-corrected chi connectivity index (χ3v) is 6.60. The molecule has 0 aromatic carbocycles. The third-order valence-electron chi connectivity index (χ3n) is 6.60. The topological polar surface area (TPSA) is 49.6 Å². The summed E-state index contributed by atoms with van der Waals surface area (Å²) in [6.07, 6.45) is 7.89. The smallest absolute Gasteiger partial charge is 0.165 e. The Labute approximate surface area is 186 Å². The van der Waals surface area contributed by atoms with Crippen LogP contribution in [0.3, 0.4) is 0 Å². The van der Waals surface area contributed by atoms with Gasteiger partial charge in [-0.15, -0.1) is 0 Å². The van der Waals surface area contributed by atoms with Crippen molar-refractivity contribution in [3.8, 4) is 11.1 Å². The summed E-state index contributed by atoms with van der Waals surface area (Å²) in [4.78, 5) is 14.4. The summed E-state index contributed by atoms with van der Waals surface area (Å²) in [6.45, 7) is 12.0. The Kier molecular flexibility index (Phi) is 5.91. The Bertz CT molecular complexity index is 1090. The molecule has 0 saturated carbocycles. The summed E-state index contributed by atoms with van der Waals surface area (Å²) in [5.74, 6) is 2.23. The van der Waals surface area contributed by atoms with E-state index in [0.717, 1.165) is 46.9 Å². The quantitative estimate of drug-likeness (QED) is 0.531. The number of rotatable bonds is 7. The van der Waals surface area contributed by atoms with Gasteiger partial charge in [-0.2, -0.15) is 9.61 Å². The van der Waals surface area contributed by atoms with Gasteiger partial charge >= 0.3 is 0 Å². The monoisotopic (exact) mass is 420 g/mol. The zero-order valence-electron chi connectivity index (χ0n) is 20.2. The highest BCUT2D eigenvalue weighted by atomic mass is 15.4. The van der Waals surface area contributed by atoms with Gasteiger partial charge in [0.2, 0.25) is 0 Å². The number of hydrogen-bond donors (Lipinski definition) is 0. The molecule has 0 radical (unpaired) electrons. The summed E-state index contributed by atoms with van der Waals surface area (Å²) in [5.41, 5.74) is 7.88. The number of pyridine rings is 1. The molecule has 166 valence electrons. The maximum Gasteiger partial charge on any atom is 0.165 e. The fourth-order valence-electron chi connectivity index (χ4n) is 5.05. The van der Waals surface area contributed by atoms with Crippen molar-refractivity contribution < 1.29 is 0 Å². The molecule has 4 heterocycles. The molecule has 0 saturated heterocycles. The number of fused-ring (bicyclic) bond motifs is 3. The fraction of sp³-hybridized carbons (Fsp3) is 0.560. The zero-order valence-corrected chi connectivity index (χ0v) is 20.2. The largest absolute Gasteiger partial charge is 0.363 e. The van der Waals surface area contributed by atoms with Crippen molar-refractivity contribution >= 4 is 17.3 Å². The lowest BCUT2D eigenvalue weighted by Crippen LogP contribution is -2.35. The lowest BCUT2D eigenvalue weighted by molar-refractivity contribution is 0.508. The molecule has 3 aromatic heterocycles. The molecule has 0 spiro atoms. The van der Waals surface area contributed by atoms with Crippen molar-refractivity contribution in [3.05, 3.63) is 34.8 Å². The maximum absolute atomic E-state index is 5.06. The van der Waals surface area contributed by atoms with E-state index in [1.807, 2.05) is 25.2 Å². The molecule has 6 nitrogen and oxygen atoms in total. The predicted octanol–water partition coefficient (Wildman–Crippen LogP) is 5.11. The molecule has 0 N–H and O–H groups in total. The van der Waals surface area contributed by atoms with Crippen LogP contribution in [0.15, 0.2) is 12.3 Å². The molecule has 0 bridgehead atoms. The van der Waals surface area contributed by atoms with E-state index in [9.17, 15) is 0 Å². The first-order valence-corrected chi connectivity index (χ1v) is 11.7. The summed E-state index contributed by atoms with van der Waals surface area (Å²) in [6, 6.07) is 2.71. The van der Waals surface area contributed by atoms with Crippen LogP contribution in [-0.2, 0) is 6.42 Å². The van der Waals surface area contributed by atoms with E-state index in [1.54, 1.807) is 0 Å². The Balaban J connectivity index is 1.90. The SMILES string of the molecule is CCCC(CCC)N1CCc2c(C)nc3c(-c4cnc(N(C)C)cc4C)c(C)nn3c21. The van der Waals surface area contributed by atoms with E-state index in [4.69, 9.17) is 10.1 Å². The standard InChI is InChI=1S/C25H36N6/c1-8-10-19(11-9-2)30-13-12-20-17(4)27-24-23(18(5)28-31(24)25(20)30)21-15-26-22(29(6)7)14-16(21)3/h14-15,19H,8-13H2,1-7H3. The highest BCUT2D eigenvalue weighted by Crippen LogP contribution is 2.38. The molecule has 1 aliphatic rings. The molecular formula is C25H36N6. The zero-order chi connectivity index (χ0) is 22.3. The summed E-state index contributed by atoms with van der Waals surface area (Å²) in [7, 11) is 4.04. The molecule has 0 atom stereocenters.